The predicted molar refractivity (Wildman–Crippen MR) is 89.7 cm³/mol. The van der Waals surface area contributed by atoms with Crippen molar-refractivity contribution in [1.29, 1.82) is 0 Å². The molecule has 2 aromatic rings. The van der Waals surface area contributed by atoms with Gasteiger partial charge in [0.15, 0.2) is 0 Å². The Hall–Kier alpha value is -2.21. The molecule has 1 aromatic heterocycles. The summed E-state index contributed by atoms with van der Waals surface area (Å²) in [5.41, 5.74) is 1.44. The number of hydrogen-bond acceptors (Lipinski definition) is 5. The Labute approximate surface area is 141 Å². The number of benzene rings is 1. The number of amides is 1. The molecule has 0 unspecified atom stereocenters. The molecule has 2 heterocycles. The second kappa shape index (κ2) is 7.57. The topological polar surface area (TPSA) is 77.2 Å². The summed E-state index contributed by atoms with van der Waals surface area (Å²) in [6, 6.07) is 7.22. The Balaban J connectivity index is 1.59. The molecular formula is C18H23N3O3. The zero-order valence-corrected chi connectivity index (χ0v) is 14.1. The maximum Gasteiger partial charge on any atom is 0.251 e. The van der Waals surface area contributed by atoms with Crippen LogP contribution in [-0.2, 0) is 4.74 Å². The summed E-state index contributed by atoms with van der Waals surface area (Å²) in [7, 11) is 0. The fourth-order valence-corrected chi connectivity index (χ4v) is 2.63. The van der Waals surface area contributed by atoms with Crippen LogP contribution in [0.2, 0.25) is 0 Å². The van der Waals surface area contributed by atoms with Crippen molar-refractivity contribution in [3.05, 3.63) is 35.7 Å². The summed E-state index contributed by atoms with van der Waals surface area (Å²) in [5.74, 6) is 1.26. The number of aromatic nitrogens is 2. The maximum atomic E-state index is 12.2. The Bertz CT molecular complexity index is 673. The van der Waals surface area contributed by atoms with E-state index in [4.69, 9.17) is 9.26 Å². The number of nitrogens with zero attached hydrogens (tertiary/aromatic N) is 2. The van der Waals surface area contributed by atoms with Crippen LogP contribution in [0.5, 0.6) is 0 Å². The van der Waals surface area contributed by atoms with Gasteiger partial charge in [0.25, 0.3) is 5.91 Å². The first-order valence-corrected chi connectivity index (χ1v) is 8.47. The summed E-state index contributed by atoms with van der Waals surface area (Å²) >= 11 is 0. The van der Waals surface area contributed by atoms with Crippen LogP contribution in [0.4, 0.5) is 0 Å². The van der Waals surface area contributed by atoms with Gasteiger partial charge in [0.05, 0.1) is 6.10 Å². The highest BCUT2D eigenvalue weighted by Crippen LogP contribution is 2.20. The van der Waals surface area contributed by atoms with Gasteiger partial charge < -0.3 is 14.6 Å². The maximum absolute atomic E-state index is 12.2. The van der Waals surface area contributed by atoms with Crippen LogP contribution >= 0.6 is 0 Å². The van der Waals surface area contributed by atoms with Crippen molar-refractivity contribution < 1.29 is 14.1 Å². The molecule has 6 nitrogen and oxygen atoms in total. The highest BCUT2D eigenvalue weighted by Gasteiger charge is 2.16. The summed E-state index contributed by atoms with van der Waals surface area (Å²) in [6.07, 6.45) is 3.42. The van der Waals surface area contributed by atoms with Gasteiger partial charge in [-0.3, -0.25) is 4.79 Å². The van der Waals surface area contributed by atoms with Gasteiger partial charge in [-0.2, -0.15) is 4.98 Å². The highest BCUT2D eigenvalue weighted by molar-refractivity contribution is 5.94. The smallest absolute Gasteiger partial charge is 0.251 e. The first kappa shape index (κ1) is 16.6. The van der Waals surface area contributed by atoms with Crippen molar-refractivity contribution in [2.45, 2.75) is 45.1 Å². The molecule has 0 spiro atoms. The van der Waals surface area contributed by atoms with Crippen molar-refractivity contribution in [2.75, 3.05) is 13.2 Å². The molecule has 3 rings (SSSR count). The molecule has 1 N–H and O–H groups in total. The van der Waals surface area contributed by atoms with Crippen LogP contribution in [0.25, 0.3) is 11.4 Å². The molecule has 0 bridgehead atoms. The van der Waals surface area contributed by atoms with E-state index in [1.54, 1.807) is 12.1 Å². The van der Waals surface area contributed by atoms with Crippen molar-refractivity contribution in [2.24, 2.45) is 0 Å². The number of carbonyl (C=O) groups excluding carboxylic acids is 1. The SMILES string of the molecule is CC(C)c1nc(-c2ccc(C(=O)NC[C@@H]3CCCCO3)cc2)no1. The molecule has 1 amide bonds. The third-order valence-corrected chi connectivity index (χ3v) is 4.11. The van der Waals surface area contributed by atoms with E-state index in [2.05, 4.69) is 15.5 Å². The second-order valence-electron chi connectivity index (χ2n) is 6.39. The zero-order valence-electron chi connectivity index (χ0n) is 14.1. The van der Waals surface area contributed by atoms with Crippen molar-refractivity contribution in [3.8, 4) is 11.4 Å². The number of hydrogen-bond donors (Lipinski definition) is 1. The summed E-state index contributed by atoms with van der Waals surface area (Å²) < 4.78 is 10.8. The quantitative estimate of drug-likeness (QED) is 0.912. The van der Waals surface area contributed by atoms with E-state index in [9.17, 15) is 4.79 Å². The van der Waals surface area contributed by atoms with Gasteiger partial charge in [-0.05, 0) is 31.4 Å². The molecule has 0 radical (unpaired) electrons. The van der Waals surface area contributed by atoms with Crippen LogP contribution < -0.4 is 5.32 Å². The van der Waals surface area contributed by atoms with Gasteiger partial charge in [0, 0.05) is 30.2 Å². The van der Waals surface area contributed by atoms with Crippen LogP contribution in [0.3, 0.4) is 0 Å². The van der Waals surface area contributed by atoms with Gasteiger partial charge >= 0.3 is 0 Å². The molecule has 6 heteroatoms. The first-order valence-electron chi connectivity index (χ1n) is 8.47. The zero-order chi connectivity index (χ0) is 16.9. The minimum absolute atomic E-state index is 0.0910. The Morgan fingerprint density at radius 3 is 2.71 bits per heavy atom. The molecule has 1 aromatic carbocycles. The van der Waals surface area contributed by atoms with Gasteiger partial charge in [0.1, 0.15) is 0 Å². The van der Waals surface area contributed by atoms with Crippen molar-refractivity contribution >= 4 is 5.91 Å². The molecule has 1 atom stereocenters. The lowest BCUT2D eigenvalue weighted by molar-refractivity contribution is 0.0169. The van der Waals surface area contributed by atoms with Crippen LogP contribution in [0, 0.1) is 0 Å². The number of rotatable bonds is 5. The van der Waals surface area contributed by atoms with E-state index in [0.29, 0.717) is 23.8 Å². The van der Waals surface area contributed by atoms with E-state index < -0.39 is 0 Å². The minimum atomic E-state index is -0.0910. The second-order valence-corrected chi connectivity index (χ2v) is 6.39. The molecule has 0 aliphatic carbocycles. The Morgan fingerprint density at radius 2 is 2.08 bits per heavy atom. The predicted octanol–water partition coefficient (Wildman–Crippen LogP) is 3.16. The van der Waals surface area contributed by atoms with Gasteiger partial charge in [0.2, 0.25) is 11.7 Å². The average Bonchev–Trinajstić information content (AvgIpc) is 3.11. The van der Waals surface area contributed by atoms with Crippen molar-refractivity contribution in [3.63, 3.8) is 0 Å². The lowest BCUT2D eigenvalue weighted by Gasteiger charge is -2.22. The fraction of sp³-hybridized carbons (Fsp3) is 0.500. The molecule has 1 saturated heterocycles. The molecule has 1 aliphatic heterocycles. The third-order valence-electron chi connectivity index (χ3n) is 4.11. The summed E-state index contributed by atoms with van der Waals surface area (Å²) in [4.78, 5) is 16.6. The van der Waals surface area contributed by atoms with E-state index in [0.717, 1.165) is 31.4 Å². The number of nitrogens with one attached hydrogen (secondary N) is 1. The van der Waals surface area contributed by atoms with E-state index >= 15 is 0 Å². The molecule has 1 aliphatic rings. The van der Waals surface area contributed by atoms with E-state index in [1.807, 2.05) is 26.0 Å². The van der Waals surface area contributed by atoms with Crippen LogP contribution in [0.15, 0.2) is 28.8 Å². The highest BCUT2D eigenvalue weighted by atomic mass is 16.5. The average molecular weight is 329 g/mol. The fourth-order valence-electron chi connectivity index (χ4n) is 2.63. The van der Waals surface area contributed by atoms with Crippen LogP contribution in [0.1, 0.15) is 55.3 Å². The van der Waals surface area contributed by atoms with E-state index in [-0.39, 0.29) is 17.9 Å². The monoisotopic (exact) mass is 329 g/mol. The van der Waals surface area contributed by atoms with Gasteiger partial charge in [-0.25, -0.2) is 0 Å². The largest absolute Gasteiger partial charge is 0.376 e. The number of carbonyl (C=O) groups is 1. The number of ether oxygens (including phenoxy) is 1. The lowest BCUT2D eigenvalue weighted by Crippen LogP contribution is -2.35. The Kier molecular flexibility index (Phi) is 5.25. The van der Waals surface area contributed by atoms with Gasteiger partial charge in [-0.15, -0.1) is 0 Å². The molecule has 24 heavy (non-hydrogen) atoms. The third kappa shape index (κ3) is 4.00. The summed E-state index contributed by atoms with van der Waals surface area (Å²) in [5, 5.41) is 6.91. The molecule has 128 valence electrons. The lowest BCUT2D eigenvalue weighted by atomic mass is 10.1. The normalized spacial score (nSPS) is 17.9. The Morgan fingerprint density at radius 1 is 1.29 bits per heavy atom. The van der Waals surface area contributed by atoms with E-state index in [1.165, 1.54) is 0 Å². The first-order chi connectivity index (χ1) is 11.6. The van der Waals surface area contributed by atoms with Gasteiger partial charge in [-0.1, -0.05) is 31.1 Å². The minimum Gasteiger partial charge on any atom is -0.376 e. The molecule has 1 fully saturated rings. The summed E-state index contributed by atoms with van der Waals surface area (Å²) in [6.45, 7) is 5.35. The van der Waals surface area contributed by atoms with Crippen molar-refractivity contribution in [1.82, 2.24) is 15.5 Å². The molecule has 0 saturated carbocycles. The molecular weight excluding hydrogens is 306 g/mol. The standard InChI is InChI=1S/C18H23N3O3/c1-12(2)18-20-16(21-24-18)13-6-8-14(9-7-13)17(22)19-11-15-5-3-4-10-23-15/h6-9,12,15H,3-5,10-11H2,1-2H3,(H,19,22)/t15-/m0/s1. The van der Waals surface area contributed by atoms with Crippen LogP contribution in [-0.4, -0.2) is 35.3 Å².